The Morgan fingerprint density at radius 2 is 1.85 bits per heavy atom. The van der Waals surface area contributed by atoms with Crippen LogP contribution in [0.5, 0.6) is 17.2 Å². The zero-order chi connectivity index (χ0) is 23.4. The molecule has 0 N–H and O–H groups in total. The third-order valence-electron chi connectivity index (χ3n) is 5.43. The van der Waals surface area contributed by atoms with E-state index in [1.165, 1.54) is 32.7 Å². The van der Waals surface area contributed by atoms with Crippen molar-refractivity contribution in [1.82, 2.24) is 4.98 Å². The number of anilines is 1. The summed E-state index contributed by atoms with van der Waals surface area (Å²) in [5, 5.41) is 3.18. The van der Waals surface area contributed by atoms with Crippen LogP contribution >= 0.6 is 22.9 Å². The van der Waals surface area contributed by atoms with Gasteiger partial charge in [-0.1, -0.05) is 23.7 Å². The molecule has 1 saturated heterocycles. The average Bonchev–Trinajstić information content (AvgIpc) is 3.54. The summed E-state index contributed by atoms with van der Waals surface area (Å²) in [5.74, 6) is 1.04. The number of thiazole rings is 1. The van der Waals surface area contributed by atoms with Crippen LogP contribution in [0.25, 0.3) is 11.3 Å². The highest BCUT2D eigenvalue weighted by atomic mass is 35.5. The second-order valence-electron chi connectivity index (χ2n) is 7.49. The molecule has 1 amide bonds. The number of methoxy groups -OCH3 is 3. The van der Waals surface area contributed by atoms with Crippen molar-refractivity contribution in [1.29, 1.82) is 0 Å². The zero-order valence-corrected chi connectivity index (χ0v) is 20.2. The van der Waals surface area contributed by atoms with Crippen LogP contribution in [0, 0.1) is 0 Å². The standard InChI is InChI=1S/C24H25ClN2O5S/c1-29-20-11-16(12-21(30-2)22(20)31-3)23(28)27(13-18-5-4-10-32-18)24-26-19(14-33-24)15-6-8-17(25)9-7-15/h6-9,11-12,14,18H,4-5,10,13H2,1-3H3/t18-/m0/s1. The van der Waals surface area contributed by atoms with Crippen LogP contribution in [0.15, 0.2) is 41.8 Å². The number of hydrogen-bond donors (Lipinski definition) is 0. The van der Waals surface area contributed by atoms with Gasteiger partial charge in [0.25, 0.3) is 5.91 Å². The molecule has 0 saturated carbocycles. The van der Waals surface area contributed by atoms with E-state index in [-0.39, 0.29) is 12.0 Å². The molecule has 9 heteroatoms. The molecule has 7 nitrogen and oxygen atoms in total. The number of ether oxygens (including phenoxy) is 4. The molecule has 3 aromatic rings. The lowest BCUT2D eigenvalue weighted by atomic mass is 10.1. The maximum atomic E-state index is 13.7. The molecule has 0 aliphatic carbocycles. The molecule has 0 spiro atoms. The fourth-order valence-electron chi connectivity index (χ4n) is 3.74. The highest BCUT2D eigenvalue weighted by Crippen LogP contribution is 2.39. The Hall–Kier alpha value is -2.81. The van der Waals surface area contributed by atoms with E-state index in [1.807, 2.05) is 29.6 Å². The average molecular weight is 489 g/mol. The first-order valence-corrected chi connectivity index (χ1v) is 11.7. The number of rotatable bonds is 8. The van der Waals surface area contributed by atoms with E-state index in [9.17, 15) is 4.79 Å². The Balaban J connectivity index is 1.70. The van der Waals surface area contributed by atoms with Crippen molar-refractivity contribution < 1.29 is 23.7 Å². The topological polar surface area (TPSA) is 70.1 Å². The third-order valence-corrected chi connectivity index (χ3v) is 6.55. The molecule has 0 radical (unpaired) electrons. The zero-order valence-electron chi connectivity index (χ0n) is 18.7. The Morgan fingerprint density at radius 1 is 1.15 bits per heavy atom. The highest BCUT2D eigenvalue weighted by Gasteiger charge is 2.28. The lowest BCUT2D eigenvalue weighted by Gasteiger charge is -2.24. The molecule has 33 heavy (non-hydrogen) atoms. The van der Waals surface area contributed by atoms with Gasteiger partial charge in [0.2, 0.25) is 5.75 Å². The van der Waals surface area contributed by atoms with E-state index in [2.05, 4.69) is 0 Å². The minimum absolute atomic E-state index is 0.0427. The van der Waals surface area contributed by atoms with Gasteiger partial charge in [-0.05, 0) is 37.1 Å². The number of aromatic nitrogens is 1. The van der Waals surface area contributed by atoms with Crippen molar-refractivity contribution in [3.05, 3.63) is 52.4 Å². The maximum absolute atomic E-state index is 13.7. The molecule has 1 fully saturated rings. The lowest BCUT2D eigenvalue weighted by molar-refractivity contribution is 0.0916. The Bertz CT molecular complexity index is 1090. The summed E-state index contributed by atoms with van der Waals surface area (Å²) in [6.45, 7) is 1.10. The minimum Gasteiger partial charge on any atom is -0.493 e. The van der Waals surface area contributed by atoms with Crippen molar-refractivity contribution >= 4 is 34.0 Å². The summed E-state index contributed by atoms with van der Waals surface area (Å²) in [7, 11) is 4.57. The smallest absolute Gasteiger partial charge is 0.260 e. The van der Waals surface area contributed by atoms with Crippen LogP contribution in [-0.2, 0) is 4.74 Å². The largest absolute Gasteiger partial charge is 0.493 e. The second-order valence-corrected chi connectivity index (χ2v) is 8.76. The number of halogens is 1. The van der Waals surface area contributed by atoms with Crippen LogP contribution in [0.1, 0.15) is 23.2 Å². The second kappa shape index (κ2) is 10.4. The van der Waals surface area contributed by atoms with Gasteiger partial charge in [0, 0.05) is 28.1 Å². The van der Waals surface area contributed by atoms with Gasteiger partial charge >= 0.3 is 0 Å². The normalized spacial score (nSPS) is 15.3. The van der Waals surface area contributed by atoms with E-state index in [1.54, 1.807) is 17.0 Å². The van der Waals surface area contributed by atoms with Gasteiger partial charge in [0.05, 0.1) is 39.7 Å². The molecular formula is C24H25ClN2O5S. The molecule has 1 aliphatic heterocycles. The molecule has 1 atom stereocenters. The Labute approximate surface area is 201 Å². The van der Waals surface area contributed by atoms with Gasteiger partial charge in [-0.15, -0.1) is 11.3 Å². The first kappa shape index (κ1) is 23.4. The van der Waals surface area contributed by atoms with E-state index in [0.29, 0.717) is 46.1 Å². The number of hydrogen-bond acceptors (Lipinski definition) is 7. The maximum Gasteiger partial charge on any atom is 0.260 e. The van der Waals surface area contributed by atoms with Crippen LogP contribution in [0.3, 0.4) is 0 Å². The fraction of sp³-hybridized carbons (Fsp3) is 0.333. The number of amides is 1. The molecular weight excluding hydrogens is 464 g/mol. The molecule has 2 heterocycles. The van der Waals surface area contributed by atoms with E-state index in [0.717, 1.165) is 24.1 Å². The van der Waals surface area contributed by atoms with Gasteiger partial charge in [0.15, 0.2) is 16.6 Å². The Morgan fingerprint density at radius 3 is 2.42 bits per heavy atom. The van der Waals surface area contributed by atoms with Crippen molar-refractivity contribution in [3.63, 3.8) is 0 Å². The molecule has 0 bridgehead atoms. The van der Waals surface area contributed by atoms with Gasteiger partial charge in [-0.25, -0.2) is 4.98 Å². The lowest BCUT2D eigenvalue weighted by Crippen LogP contribution is -2.37. The highest BCUT2D eigenvalue weighted by molar-refractivity contribution is 7.14. The first-order valence-electron chi connectivity index (χ1n) is 10.5. The monoisotopic (exact) mass is 488 g/mol. The van der Waals surface area contributed by atoms with Crippen LogP contribution < -0.4 is 19.1 Å². The quantitative estimate of drug-likeness (QED) is 0.427. The predicted octanol–water partition coefficient (Wildman–Crippen LogP) is 5.32. The van der Waals surface area contributed by atoms with Crippen molar-refractivity contribution in [2.45, 2.75) is 18.9 Å². The van der Waals surface area contributed by atoms with Crippen molar-refractivity contribution in [3.8, 4) is 28.5 Å². The molecule has 4 rings (SSSR count). The van der Waals surface area contributed by atoms with Crippen LogP contribution in [0.2, 0.25) is 5.02 Å². The number of nitrogens with zero attached hydrogens (tertiary/aromatic N) is 2. The first-order chi connectivity index (χ1) is 16.0. The van der Waals surface area contributed by atoms with Crippen LogP contribution in [-0.4, -0.2) is 51.5 Å². The molecule has 0 unspecified atom stereocenters. The van der Waals surface area contributed by atoms with Gasteiger partial charge in [-0.3, -0.25) is 9.69 Å². The molecule has 1 aromatic heterocycles. The van der Waals surface area contributed by atoms with E-state index < -0.39 is 0 Å². The fourth-order valence-corrected chi connectivity index (χ4v) is 4.71. The number of benzene rings is 2. The summed E-state index contributed by atoms with van der Waals surface area (Å²) < 4.78 is 22.1. The third kappa shape index (κ3) is 5.08. The van der Waals surface area contributed by atoms with Gasteiger partial charge in [0.1, 0.15) is 0 Å². The number of carbonyl (C=O) groups is 1. The minimum atomic E-state index is -0.221. The van der Waals surface area contributed by atoms with Gasteiger partial charge in [-0.2, -0.15) is 0 Å². The summed E-state index contributed by atoms with van der Waals surface area (Å²) in [6.07, 6.45) is 1.83. The van der Waals surface area contributed by atoms with Crippen molar-refractivity contribution in [2.75, 3.05) is 39.4 Å². The molecule has 174 valence electrons. The summed E-state index contributed by atoms with van der Waals surface area (Å²) in [5.41, 5.74) is 2.12. The molecule has 1 aliphatic rings. The Kier molecular flexibility index (Phi) is 7.37. The van der Waals surface area contributed by atoms with Crippen LogP contribution in [0.4, 0.5) is 5.13 Å². The number of carbonyl (C=O) groups excluding carboxylic acids is 1. The summed E-state index contributed by atoms with van der Waals surface area (Å²) in [6, 6.07) is 10.8. The SMILES string of the molecule is COc1cc(C(=O)N(C[C@@H]2CCCO2)c2nc(-c3ccc(Cl)cc3)cs2)cc(OC)c1OC. The molecule has 2 aromatic carbocycles. The predicted molar refractivity (Wildman–Crippen MR) is 129 cm³/mol. The van der Waals surface area contributed by atoms with E-state index in [4.69, 9.17) is 35.5 Å². The van der Waals surface area contributed by atoms with Crippen molar-refractivity contribution in [2.24, 2.45) is 0 Å². The summed E-state index contributed by atoms with van der Waals surface area (Å²) >= 11 is 7.43. The summed E-state index contributed by atoms with van der Waals surface area (Å²) in [4.78, 5) is 20.2. The van der Waals surface area contributed by atoms with Gasteiger partial charge < -0.3 is 18.9 Å². The van der Waals surface area contributed by atoms with E-state index >= 15 is 0 Å².